The Morgan fingerprint density at radius 3 is 0.750 bits per heavy atom. The second kappa shape index (κ2) is 99.1. The summed E-state index contributed by atoms with van der Waals surface area (Å²) in [5.74, 6) is 0.884. The monoisotopic (exact) mass is 293 g/mol. The van der Waals surface area contributed by atoms with Gasteiger partial charge in [-0.15, -0.1) is 0 Å². The van der Waals surface area contributed by atoms with Gasteiger partial charge in [0.2, 0.25) is 0 Å². The molecule has 0 aliphatic heterocycles. The molecule has 0 bridgehead atoms. The zero-order valence-corrected chi connectivity index (χ0v) is 18.0. The summed E-state index contributed by atoms with van der Waals surface area (Å²) in [6, 6.07) is 0. The van der Waals surface area contributed by atoms with Gasteiger partial charge in [0, 0.05) is 5.71 Å². The van der Waals surface area contributed by atoms with Crippen molar-refractivity contribution < 1.29 is 0 Å². The summed E-state index contributed by atoms with van der Waals surface area (Å²) in [7, 11) is 0. The van der Waals surface area contributed by atoms with Crippen molar-refractivity contribution in [2.24, 2.45) is 5.92 Å². The first kappa shape index (κ1) is 42.7. The maximum absolute atomic E-state index is 6.50. The van der Waals surface area contributed by atoms with Crippen LogP contribution in [-0.2, 0) is 0 Å². The number of hydrogen-bond acceptors (Lipinski definition) is 1. The Bertz CT molecular complexity index is 71.8. The van der Waals surface area contributed by atoms with Crippen LogP contribution < -0.4 is 0 Å². The fourth-order valence-corrected chi connectivity index (χ4v) is 0. The van der Waals surface area contributed by atoms with Crippen LogP contribution in [0.1, 0.15) is 117 Å². The van der Waals surface area contributed by atoms with Crippen LogP contribution in [0.2, 0.25) is 0 Å². The van der Waals surface area contributed by atoms with Gasteiger partial charge in [0.25, 0.3) is 0 Å². The minimum atomic E-state index is 0.667. The van der Waals surface area contributed by atoms with Gasteiger partial charge >= 0.3 is 0 Å². The molecule has 0 aromatic rings. The summed E-state index contributed by atoms with van der Waals surface area (Å²) in [5.41, 5.74) is 0.667. The van der Waals surface area contributed by atoms with E-state index in [9.17, 15) is 0 Å². The second-order valence-electron chi connectivity index (χ2n) is 3.51. The van der Waals surface area contributed by atoms with Crippen LogP contribution >= 0.6 is 0 Å². The highest BCUT2D eigenvalue weighted by atomic mass is 14.3. The molecule has 0 amide bonds. The first-order chi connectivity index (χ1) is 9.42. The molecule has 0 heterocycles. The van der Waals surface area contributed by atoms with Crippen LogP contribution in [-0.4, -0.2) is 5.71 Å². The third-order valence-corrected chi connectivity index (χ3v) is 0.816. The van der Waals surface area contributed by atoms with Crippen molar-refractivity contribution in [3.63, 3.8) is 0 Å². The van der Waals surface area contributed by atoms with E-state index < -0.39 is 0 Å². The van der Waals surface area contributed by atoms with Gasteiger partial charge in [-0.25, -0.2) is 0 Å². The summed E-state index contributed by atoms with van der Waals surface area (Å²) in [6.45, 7) is 30.4. The molecule has 0 rings (SSSR count). The van der Waals surface area contributed by atoms with Crippen LogP contribution in [0, 0.1) is 11.3 Å². The summed E-state index contributed by atoms with van der Waals surface area (Å²) in [6.07, 6.45) is 2.56. The maximum Gasteiger partial charge on any atom is 0.00272 e. The predicted octanol–water partition coefficient (Wildman–Crippen LogP) is 8.62. The fourth-order valence-electron chi connectivity index (χ4n) is 0. The first-order valence-electron chi connectivity index (χ1n) is 8.93. The van der Waals surface area contributed by atoms with Crippen molar-refractivity contribution in [1.82, 2.24) is 0 Å². The molecule has 0 fully saturated rings. The summed E-state index contributed by atoms with van der Waals surface area (Å²) >= 11 is 0. The van der Waals surface area contributed by atoms with E-state index in [4.69, 9.17) is 5.41 Å². The van der Waals surface area contributed by atoms with E-state index in [1.165, 1.54) is 12.8 Å². The SMILES string of the molecule is CC.CC.CC.CC.CC(C)=N.CCC.CCC(C)C. The van der Waals surface area contributed by atoms with E-state index in [0.717, 1.165) is 5.92 Å². The van der Waals surface area contributed by atoms with Crippen molar-refractivity contribution in [3.8, 4) is 0 Å². The highest BCUT2D eigenvalue weighted by Crippen LogP contribution is 1.93. The number of rotatable bonds is 1. The van der Waals surface area contributed by atoms with E-state index in [0.29, 0.717) is 5.71 Å². The van der Waals surface area contributed by atoms with Crippen LogP contribution in [0.3, 0.4) is 0 Å². The second-order valence-corrected chi connectivity index (χ2v) is 3.51. The molecule has 0 aliphatic carbocycles. The molecule has 1 heteroatoms. The lowest BCUT2D eigenvalue weighted by molar-refractivity contribution is 0.626. The topological polar surface area (TPSA) is 23.9 Å². The lowest BCUT2D eigenvalue weighted by Crippen LogP contribution is -1.77. The molecule has 0 aromatic carbocycles. The van der Waals surface area contributed by atoms with Crippen molar-refractivity contribution in [2.45, 2.75) is 117 Å². The Morgan fingerprint density at radius 1 is 0.700 bits per heavy atom. The zero-order chi connectivity index (χ0) is 18.6. The molecule has 0 aromatic heterocycles. The van der Waals surface area contributed by atoms with Crippen LogP contribution in [0.15, 0.2) is 0 Å². The molecule has 0 radical (unpaired) electrons. The Kier molecular flexibility index (Phi) is 212. The number of hydrogen-bond donors (Lipinski definition) is 1. The lowest BCUT2D eigenvalue weighted by Gasteiger charge is -1.90. The van der Waals surface area contributed by atoms with Gasteiger partial charge < -0.3 is 5.41 Å². The first-order valence-corrected chi connectivity index (χ1v) is 8.93. The number of nitrogens with one attached hydrogen (secondary N) is 1. The van der Waals surface area contributed by atoms with Gasteiger partial charge in [-0.1, -0.05) is 103 Å². The summed E-state index contributed by atoms with van der Waals surface area (Å²) < 4.78 is 0. The molecule has 20 heavy (non-hydrogen) atoms. The van der Waals surface area contributed by atoms with Crippen LogP contribution in [0.4, 0.5) is 0 Å². The largest absolute Gasteiger partial charge is 0.310 e. The molecule has 1 N–H and O–H groups in total. The van der Waals surface area contributed by atoms with Gasteiger partial charge in [0.1, 0.15) is 0 Å². The quantitative estimate of drug-likeness (QED) is 0.468. The minimum absolute atomic E-state index is 0.667. The van der Waals surface area contributed by atoms with E-state index >= 15 is 0 Å². The highest BCUT2D eigenvalue weighted by Gasteiger charge is 1.80. The molecule has 0 unspecified atom stereocenters. The van der Waals surface area contributed by atoms with Gasteiger partial charge in [-0.2, -0.15) is 0 Å². The van der Waals surface area contributed by atoms with Crippen LogP contribution in [0.5, 0.6) is 0 Å². The lowest BCUT2D eigenvalue weighted by atomic mass is 10.2. The normalized spacial score (nSPS) is 5.80. The van der Waals surface area contributed by atoms with Crippen molar-refractivity contribution in [3.05, 3.63) is 0 Å². The minimum Gasteiger partial charge on any atom is -0.310 e. The standard InChI is InChI=1S/C5H12.C3H7N.C3H8.4C2H6/c1-4-5(2)3;1-3(2)4;1-3-2;4*1-2/h5H,4H2,1-3H3;4H,1-2H3;3H2,1-2H3;4*1-2H3. The van der Waals surface area contributed by atoms with Crippen LogP contribution in [0.25, 0.3) is 0 Å². The van der Waals surface area contributed by atoms with Gasteiger partial charge in [0.05, 0.1) is 0 Å². The molecular formula is C19H51N. The predicted molar refractivity (Wildman–Crippen MR) is 106 cm³/mol. The van der Waals surface area contributed by atoms with E-state index in [-0.39, 0.29) is 0 Å². The third-order valence-electron chi connectivity index (χ3n) is 0.816. The Morgan fingerprint density at radius 2 is 0.750 bits per heavy atom. The fraction of sp³-hybridized carbons (Fsp3) is 0.947. The smallest absolute Gasteiger partial charge is 0.00272 e. The Labute approximate surface area is 134 Å². The van der Waals surface area contributed by atoms with E-state index in [2.05, 4.69) is 34.6 Å². The highest BCUT2D eigenvalue weighted by molar-refractivity contribution is 5.75. The van der Waals surface area contributed by atoms with Crippen molar-refractivity contribution in [1.29, 1.82) is 5.41 Å². The van der Waals surface area contributed by atoms with Crippen molar-refractivity contribution >= 4 is 5.71 Å². The Balaban J connectivity index is -0.0000000206. The average Bonchev–Trinajstić information content (AvgIpc) is 2.47. The summed E-state index contributed by atoms with van der Waals surface area (Å²) in [5, 5.41) is 6.50. The molecule has 0 saturated heterocycles. The van der Waals surface area contributed by atoms with Crippen molar-refractivity contribution in [2.75, 3.05) is 0 Å². The zero-order valence-electron chi connectivity index (χ0n) is 18.0. The summed E-state index contributed by atoms with van der Waals surface area (Å²) in [4.78, 5) is 0. The maximum atomic E-state index is 6.50. The molecule has 0 atom stereocenters. The molecule has 0 aliphatic rings. The molecule has 1 nitrogen and oxygen atoms in total. The molecule has 0 saturated carbocycles. The molecule has 132 valence electrons. The van der Waals surface area contributed by atoms with Gasteiger partial charge in [0.15, 0.2) is 0 Å². The molecular weight excluding hydrogens is 242 g/mol. The van der Waals surface area contributed by atoms with Gasteiger partial charge in [-0.05, 0) is 19.8 Å². The molecule has 0 spiro atoms. The third kappa shape index (κ3) is 1760. The Hall–Kier alpha value is -0.330. The van der Waals surface area contributed by atoms with Gasteiger partial charge in [-0.3, -0.25) is 0 Å². The van der Waals surface area contributed by atoms with E-state index in [1.807, 2.05) is 55.4 Å². The average molecular weight is 294 g/mol. The van der Waals surface area contributed by atoms with E-state index in [1.54, 1.807) is 13.8 Å².